The van der Waals surface area contributed by atoms with Crippen molar-refractivity contribution in [2.24, 2.45) is 37.4 Å². The van der Waals surface area contributed by atoms with Crippen LogP contribution in [0.4, 0.5) is 5.69 Å². The van der Waals surface area contributed by atoms with E-state index in [0.29, 0.717) is 17.1 Å². The van der Waals surface area contributed by atoms with Gasteiger partial charge in [0.25, 0.3) is 11.8 Å². The number of rotatable bonds is 17. The van der Waals surface area contributed by atoms with E-state index < -0.39 is 71.3 Å². The number of benzene rings is 4. The number of carbonyl (C=O) groups excluding carboxylic acids is 6. The average molecular weight is 843 g/mol. The molecule has 6 atom stereocenters. The maximum absolute atomic E-state index is 13.6. The molecule has 2 heterocycles. The molecule has 0 bridgehead atoms. The maximum Gasteiger partial charge on any atom is 0.321 e. The molecule has 62 heavy (non-hydrogen) atoms. The number of para-hydroxylation sites is 3. The molecule has 0 fully saturated rings. The van der Waals surface area contributed by atoms with Crippen LogP contribution in [0.5, 0.6) is 0 Å². The van der Waals surface area contributed by atoms with Crippen molar-refractivity contribution in [3.05, 3.63) is 138 Å². The molecule has 2 aromatic heterocycles. The number of carboxylic acid groups (broad SMARTS) is 2. The molecule has 0 saturated heterocycles. The van der Waals surface area contributed by atoms with Crippen molar-refractivity contribution in [2.45, 2.75) is 37.5 Å². The molecule has 0 aliphatic rings. The Morgan fingerprint density at radius 1 is 0.645 bits per heavy atom. The molecule has 2 amide bonds. The second kappa shape index (κ2) is 20.1. The lowest BCUT2D eigenvalue weighted by molar-refractivity contribution is -0.144. The molecule has 320 valence electrons. The molecule has 6 aromatic rings. The quantitative estimate of drug-likeness (QED) is 0.0655. The second-order valence-electron chi connectivity index (χ2n) is 14.6. The van der Waals surface area contributed by atoms with Gasteiger partial charge in [-0.2, -0.15) is 0 Å². The standard InChI is InChI=1S/2C23H23N3O5/c1-14(21(28)17(13-27)20(24)23(30)31)26(16-9-4-3-5-10-16)22(29)19-12-15-8-6-7-11-18(15)25(19)2;1-26-18-10-6-5-9-15(18)12-19(26)22(29)25-17(11-14-7-3-2-4-8-14)21(28)16(13-27)20(24)23(30)31/h3-14,17,20H,24H2,1-2H3,(H,30,31);2-10,12-13,16-17,20H,11,24H2,1H3,(H,25,29)(H,30,31)/t14-,17+,20?;16-,17+,20?/m01/s1. The number of aromatic nitrogens is 2. The van der Waals surface area contributed by atoms with Crippen molar-refractivity contribution in [3.63, 3.8) is 0 Å². The molecule has 16 nitrogen and oxygen atoms in total. The van der Waals surface area contributed by atoms with Crippen molar-refractivity contribution in [1.82, 2.24) is 14.5 Å². The van der Waals surface area contributed by atoms with Gasteiger partial charge in [-0.1, -0.05) is 84.9 Å². The predicted octanol–water partition coefficient (Wildman–Crippen LogP) is 3.33. The Kier molecular flexibility index (Phi) is 14.8. The Morgan fingerprint density at radius 2 is 1.08 bits per heavy atom. The first-order valence-corrected chi connectivity index (χ1v) is 19.4. The lowest BCUT2D eigenvalue weighted by atomic mass is 9.89. The number of nitrogens with two attached hydrogens (primary N) is 2. The summed E-state index contributed by atoms with van der Waals surface area (Å²) in [7, 11) is 3.49. The molecule has 0 saturated carbocycles. The number of aryl methyl sites for hydroxylation is 2. The summed E-state index contributed by atoms with van der Waals surface area (Å²) in [5.74, 6) is -8.58. The van der Waals surface area contributed by atoms with Gasteiger partial charge in [0.05, 0.1) is 12.1 Å². The van der Waals surface area contributed by atoms with Crippen LogP contribution in [0.15, 0.2) is 121 Å². The molecular formula is C46H46N6O10. The summed E-state index contributed by atoms with van der Waals surface area (Å²) < 4.78 is 3.43. The fourth-order valence-electron chi connectivity index (χ4n) is 7.14. The topological polar surface area (TPSA) is 254 Å². The van der Waals surface area contributed by atoms with Crippen LogP contribution in [0.3, 0.4) is 0 Å². The Hall–Kier alpha value is -7.56. The average Bonchev–Trinajstić information content (AvgIpc) is 3.80. The molecule has 0 aliphatic carbocycles. The van der Waals surface area contributed by atoms with Gasteiger partial charge in [0, 0.05) is 41.6 Å². The highest BCUT2D eigenvalue weighted by atomic mass is 16.4. The van der Waals surface area contributed by atoms with Gasteiger partial charge in [0.1, 0.15) is 47.9 Å². The van der Waals surface area contributed by atoms with Gasteiger partial charge in [-0.15, -0.1) is 0 Å². The molecule has 0 spiro atoms. The SMILES string of the molecule is C[C@@H](C(=O)[C@H](C=O)C(N)C(=O)O)N(C(=O)c1cc2ccccc2n1C)c1ccccc1.Cn1c(C(=O)N[C@@H](Cc2ccccc2)C(=O)[C@H](C=O)C(N)C(=O)O)cc2ccccc21. The van der Waals surface area contributed by atoms with Gasteiger partial charge in [0.2, 0.25) is 0 Å². The van der Waals surface area contributed by atoms with E-state index in [1.165, 1.54) is 11.8 Å². The van der Waals surface area contributed by atoms with Gasteiger partial charge in [-0.3, -0.25) is 33.7 Å². The van der Waals surface area contributed by atoms with Gasteiger partial charge >= 0.3 is 11.9 Å². The van der Waals surface area contributed by atoms with E-state index >= 15 is 0 Å². The third-order valence-corrected chi connectivity index (χ3v) is 10.6. The van der Waals surface area contributed by atoms with Crippen LogP contribution in [-0.2, 0) is 49.3 Å². The highest BCUT2D eigenvalue weighted by Crippen LogP contribution is 2.26. The Bertz CT molecular complexity index is 2580. The lowest BCUT2D eigenvalue weighted by Crippen LogP contribution is -2.52. The van der Waals surface area contributed by atoms with Crippen LogP contribution >= 0.6 is 0 Å². The summed E-state index contributed by atoms with van der Waals surface area (Å²) in [5.41, 5.74) is 14.6. The van der Waals surface area contributed by atoms with Crippen molar-refractivity contribution in [2.75, 3.05) is 4.90 Å². The van der Waals surface area contributed by atoms with Crippen LogP contribution in [0.25, 0.3) is 21.8 Å². The smallest absolute Gasteiger partial charge is 0.321 e. The largest absolute Gasteiger partial charge is 0.480 e. The first-order chi connectivity index (χ1) is 29.6. The minimum Gasteiger partial charge on any atom is -0.480 e. The first-order valence-electron chi connectivity index (χ1n) is 19.4. The second-order valence-corrected chi connectivity index (χ2v) is 14.6. The molecule has 2 unspecified atom stereocenters. The lowest BCUT2D eigenvalue weighted by Gasteiger charge is -2.30. The van der Waals surface area contributed by atoms with Crippen LogP contribution in [0, 0.1) is 11.8 Å². The Balaban J connectivity index is 0.000000234. The number of carbonyl (C=O) groups is 8. The van der Waals surface area contributed by atoms with Crippen molar-refractivity contribution in [3.8, 4) is 0 Å². The summed E-state index contributed by atoms with van der Waals surface area (Å²) in [5, 5.41) is 22.7. The number of hydrogen-bond donors (Lipinski definition) is 5. The molecular weight excluding hydrogens is 797 g/mol. The number of hydrogen-bond acceptors (Lipinski definition) is 10. The van der Waals surface area contributed by atoms with Crippen LogP contribution in [0.2, 0.25) is 0 Å². The molecule has 0 aliphatic heterocycles. The number of nitrogens with zero attached hydrogens (tertiary/aromatic N) is 3. The van der Waals surface area contributed by atoms with E-state index in [1.807, 2.05) is 54.6 Å². The van der Waals surface area contributed by atoms with E-state index in [0.717, 1.165) is 27.4 Å². The maximum atomic E-state index is 13.6. The zero-order chi connectivity index (χ0) is 45.2. The minimum atomic E-state index is -1.70. The van der Waals surface area contributed by atoms with E-state index in [2.05, 4.69) is 5.32 Å². The van der Waals surface area contributed by atoms with Gasteiger partial charge < -0.3 is 45.7 Å². The number of nitrogens with one attached hydrogen (secondary N) is 1. The van der Waals surface area contributed by atoms with Crippen LogP contribution in [0.1, 0.15) is 33.5 Å². The first kappa shape index (κ1) is 45.5. The van der Waals surface area contributed by atoms with Crippen molar-refractivity contribution >= 4 is 75.4 Å². The normalized spacial score (nSPS) is 13.9. The number of aldehydes is 2. The fraction of sp³-hybridized carbons (Fsp3) is 0.217. The van der Waals surface area contributed by atoms with Crippen molar-refractivity contribution in [1.29, 1.82) is 0 Å². The number of ketones is 2. The van der Waals surface area contributed by atoms with Crippen LogP contribution in [-0.4, -0.2) is 91.4 Å². The number of carboxylic acids is 2. The Morgan fingerprint density at radius 3 is 1.56 bits per heavy atom. The summed E-state index contributed by atoms with van der Waals surface area (Å²) in [6.45, 7) is 1.46. The molecule has 7 N–H and O–H groups in total. The highest BCUT2D eigenvalue weighted by molar-refractivity contribution is 6.13. The van der Waals surface area contributed by atoms with Gasteiger partial charge in [-0.05, 0) is 55.3 Å². The molecule has 16 heteroatoms. The monoisotopic (exact) mass is 842 g/mol. The summed E-state index contributed by atoms with van der Waals surface area (Å²) in [4.78, 5) is 99.5. The van der Waals surface area contributed by atoms with E-state index in [9.17, 15) is 38.4 Å². The fourth-order valence-corrected chi connectivity index (χ4v) is 7.14. The van der Waals surface area contributed by atoms with E-state index in [-0.39, 0.29) is 19.0 Å². The number of aliphatic carboxylic acids is 2. The van der Waals surface area contributed by atoms with E-state index in [4.69, 9.17) is 21.7 Å². The summed E-state index contributed by atoms with van der Waals surface area (Å²) >= 11 is 0. The molecule has 0 radical (unpaired) electrons. The third-order valence-electron chi connectivity index (χ3n) is 10.6. The summed E-state index contributed by atoms with van der Waals surface area (Å²) in [6.07, 6.45) is 0.538. The number of anilines is 1. The third kappa shape index (κ3) is 9.89. The number of amides is 2. The number of Topliss-reactive ketones (excluding diaryl/α,β-unsaturated/α-hetero) is 2. The highest BCUT2D eigenvalue weighted by Gasteiger charge is 2.39. The van der Waals surface area contributed by atoms with Gasteiger partial charge in [-0.25, -0.2) is 0 Å². The van der Waals surface area contributed by atoms with Gasteiger partial charge in [0.15, 0.2) is 11.6 Å². The van der Waals surface area contributed by atoms with Crippen LogP contribution < -0.4 is 21.7 Å². The zero-order valence-electron chi connectivity index (χ0n) is 34.0. The van der Waals surface area contributed by atoms with Crippen molar-refractivity contribution < 1.29 is 48.6 Å². The minimum absolute atomic E-state index is 0.0893. The zero-order valence-corrected chi connectivity index (χ0v) is 34.0. The molecule has 6 rings (SSSR count). The number of fused-ring (bicyclic) bond motifs is 2. The molecule has 4 aromatic carbocycles. The van der Waals surface area contributed by atoms with E-state index in [1.54, 1.807) is 90.0 Å². The predicted molar refractivity (Wildman–Crippen MR) is 230 cm³/mol. The summed E-state index contributed by atoms with van der Waals surface area (Å²) in [6, 6.07) is 30.1. The Labute approximate surface area is 355 Å².